The average molecular weight is 1380 g/mol. The monoisotopic (exact) mass is 1380 g/mol. The summed E-state index contributed by atoms with van der Waals surface area (Å²) in [5.41, 5.74) is 0. The Kier molecular flexibility index (Phi) is 65.5. The van der Waals surface area contributed by atoms with Crippen molar-refractivity contribution in [3.05, 3.63) is 0 Å². The van der Waals surface area contributed by atoms with Crippen molar-refractivity contribution in [2.24, 2.45) is 11.8 Å². The molecule has 0 aromatic heterocycles. The number of carbonyl (C=O) groups is 4. The number of ether oxygens (including phenoxy) is 4. The van der Waals surface area contributed by atoms with E-state index in [1.165, 1.54) is 205 Å². The first-order valence-electron chi connectivity index (χ1n) is 39.0. The lowest BCUT2D eigenvalue weighted by molar-refractivity contribution is -0.161. The number of hydrogen-bond donors (Lipinski definition) is 3. The number of carbonyl (C=O) groups excluding carboxylic acids is 4. The van der Waals surface area contributed by atoms with Crippen LogP contribution in [0, 0.1) is 11.8 Å². The van der Waals surface area contributed by atoms with Crippen molar-refractivity contribution in [3.63, 3.8) is 0 Å². The Labute approximate surface area is 575 Å². The minimum absolute atomic E-state index is 0.105. The molecule has 0 spiro atoms. The third-order valence-electron chi connectivity index (χ3n) is 17.8. The first kappa shape index (κ1) is 92.1. The van der Waals surface area contributed by atoms with Gasteiger partial charge in [-0.3, -0.25) is 37.3 Å². The molecule has 0 radical (unpaired) electrons. The Morgan fingerprint density at radius 3 is 0.809 bits per heavy atom. The van der Waals surface area contributed by atoms with Gasteiger partial charge in [0.2, 0.25) is 0 Å². The topological polar surface area (TPSA) is 237 Å². The van der Waals surface area contributed by atoms with Crippen molar-refractivity contribution in [1.29, 1.82) is 0 Å². The second-order valence-electron chi connectivity index (χ2n) is 27.8. The zero-order valence-corrected chi connectivity index (χ0v) is 63.1. The Morgan fingerprint density at radius 2 is 0.543 bits per heavy atom. The van der Waals surface area contributed by atoms with Crippen LogP contribution in [-0.2, 0) is 65.4 Å². The van der Waals surface area contributed by atoms with E-state index in [1.807, 2.05) is 0 Å². The Morgan fingerprint density at radius 1 is 0.309 bits per heavy atom. The van der Waals surface area contributed by atoms with Crippen molar-refractivity contribution < 1.29 is 80.2 Å². The molecule has 3 N–H and O–H groups in total. The predicted molar refractivity (Wildman–Crippen MR) is 381 cm³/mol. The van der Waals surface area contributed by atoms with E-state index in [0.717, 1.165) is 102 Å². The van der Waals surface area contributed by atoms with Gasteiger partial charge in [0.15, 0.2) is 12.2 Å². The SMILES string of the molecule is CCCCCCCCCCCCCCCCCCCCC(=O)O[C@H](COC(=O)CCCCCCCCCCCCCCC(C)C)COP(=O)(O)OC[C@@H](O)COP(=O)(O)OC[C@@H](COC(=O)CCCCCCCCCCC)OC(=O)CCCCCCCCCCC(C)CC. The maximum absolute atomic E-state index is 13.1. The van der Waals surface area contributed by atoms with Gasteiger partial charge in [0.25, 0.3) is 0 Å². The molecule has 6 atom stereocenters. The molecule has 0 aliphatic rings. The van der Waals surface area contributed by atoms with Crippen LogP contribution in [0.1, 0.15) is 388 Å². The molecular weight excluding hydrogens is 1230 g/mol. The van der Waals surface area contributed by atoms with Gasteiger partial charge < -0.3 is 33.8 Å². The molecule has 0 bridgehead atoms. The second kappa shape index (κ2) is 66.9. The van der Waals surface area contributed by atoms with Crippen molar-refractivity contribution in [2.45, 2.75) is 407 Å². The fourth-order valence-electron chi connectivity index (χ4n) is 11.4. The van der Waals surface area contributed by atoms with Crippen molar-refractivity contribution in [3.8, 4) is 0 Å². The minimum Gasteiger partial charge on any atom is -0.462 e. The number of aliphatic hydroxyl groups excluding tert-OH is 1. The quantitative estimate of drug-likeness (QED) is 0.0222. The van der Waals surface area contributed by atoms with E-state index in [4.69, 9.17) is 37.0 Å². The van der Waals surface area contributed by atoms with Crippen LogP contribution in [0.2, 0.25) is 0 Å². The second-order valence-corrected chi connectivity index (χ2v) is 30.7. The first-order valence-corrected chi connectivity index (χ1v) is 42.0. The van der Waals surface area contributed by atoms with E-state index < -0.39 is 97.5 Å². The highest BCUT2D eigenvalue weighted by molar-refractivity contribution is 7.47. The van der Waals surface area contributed by atoms with Crippen molar-refractivity contribution in [1.82, 2.24) is 0 Å². The van der Waals surface area contributed by atoms with Gasteiger partial charge in [0, 0.05) is 25.7 Å². The number of hydrogen-bond acceptors (Lipinski definition) is 15. The van der Waals surface area contributed by atoms with Crippen LogP contribution in [0.25, 0.3) is 0 Å². The number of esters is 4. The summed E-state index contributed by atoms with van der Waals surface area (Å²) in [7, 11) is -9.91. The Bertz CT molecular complexity index is 1820. The first-order chi connectivity index (χ1) is 45.4. The Balaban J connectivity index is 5.23. The fourth-order valence-corrected chi connectivity index (χ4v) is 13.0. The van der Waals surface area contributed by atoms with Gasteiger partial charge in [-0.2, -0.15) is 0 Å². The summed E-state index contributed by atoms with van der Waals surface area (Å²) in [4.78, 5) is 72.7. The van der Waals surface area contributed by atoms with Crippen LogP contribution in [0.3, 0.4) is 0 Å². The molecule has 0 saturated heterocycles. The number of rotatable bonds is 74. The summed E-state index contributed by atoms with van der Waals surface area (Å²) < 4.78 is 68.5. The van der Waals surface area contributed by atoms with Gasteiger partial charge in [-0.25, -0.2) is 9.13 Å². The van der Waals surface area contributed by atoms with Crippen LogP contribution in [-0.4, -0.2) is 96.7 Å². The predicted octanol–water partition coefficient (Wildman–Crippen LogP) is 21.9. The zero-order chi connectivity index (χ0) is 69.3. The number of aliphatic hydroxyl groups is 1. The molecule has 0 aliphatic heterocycles. The molecule has 94 heavy (non-hydrogen) atoms. The molecule has 17 nitrogen and oxygen atoms in total. The summed E-state index contributed by atoms with van der Waals surface area (Å²) in [6.07, 6.45) is 54.0. The van der Waals surface area contributed by atoms with Crippen LogP contribution in [0.5, 0.6) is 0 Å². The normalized spacial score (nSPS) is 14.3. The van der Waals surface area contributed by atoms with Crippen LogP contribution < -0.4 is 0 Å². The smallest absolute Gasteiger partial charge is 0.462 e. The highest BCUT2D eigenvalue weighted by Crippen LogP contribution is 2.45. The highest BCUT2D eigenvalue weighted by Gasteiger charge is 2.30. The maximum Gasteiger partial charge on any atom is 0.472 e. The van der Waals surface area contributed by atoms with E-state index >= 15 is 0 Å². The molecule has 0 aliphatic carbocycles. The van der Waals surface area contributed by atoms with E-state index in [9.17, 15) is 43.2 Å². The molecule has 0 fully saturated rings. The average Bonchev–Trinajstić information content (AvgIpc) is 1.14. The van der Waals surface area contributed by atoms with Crippen LogP contribution in [0.15, 0.2) is 0 Å². The molecule has 0 heterocycles. The summed E-state index contributed by atoms with van der Waals surface area (Å²) >= 11 is 0. The van der Waals surface area contributed by atoms with Crippen molar-refractivity contribution in [2.75, 3.05) is 39.6 Å². The fraction of sp³-hybridized carbons (Fsp3) is 0.947. The maximum atomic E-state index is 13.1. The summed E-state index contributed by atoms with van der Waals surface area (Å²) in [5.74, 6) is -0.567. The van der Waals surface area contributed by atoms with E-state index in [1.54, 1.807) is 0 Å². The zero-order valence-electron chi connectivity index (χ0n) is 61.3. The number of phosphoric acid groups is 2. The summed E-state index contributed by atoms with van der Waals surface area (Å²) in [6, 6.07) is 0. The molecule has 0 saturated carbocycles. The van der Waals surface area contributed by atoms with Crippen molar-refractivity contribution >= 4 is 39.5 Å². The lowest BCUT2D eigenvalue weighted by Gasteiger charge is -2.21. The standard InChI is InChI=1S/C75H146O17P2/c1-7-10-12-14-16-18-19-20-21-22-23-24-25-30-34-41-47-53-59-74(79)91-70(64-86-73(78)58-52-46-40-33-29-27-26-28-32-37-43-49-55-67(4)5)65-89-93(81,82)87-61-69(76)62-88-94(83,84)90-66-71(63-85-72(77)57-51-45-39-31-17-15-13-11-8-2)92-75(80)60-54-48-42-36-35-38-44-50-56-68(6)9-3/h67-71,76H,7-66H2,1-6H3,(H,81,82)(H,83,84)/t68?,69-,70-,71-/m1/s1. The highest BCUT2D eigenvalue weighted by atomic mass is 31.2. The third-order valence-corrected chi connectivity index (χ3v) is 19.7. The molecule has 558 valence electrons. The number of phosphoric ester groups is 2. The minimum atomic E-state index is -4.96. The lowest BCUT2D eigenvalue weighted by Crippen LogP contribution is -2.30. The molecule has 0 amide bonds. The molecule has 3 unspecified atom stereocenters. The largest absolute Gasteiger partial charge is 0.472 e. The van der Waals surface area contributed by atoms with Crippen LogP contribution in [0.4, 0.5) is 0 Å². The van der Waals surface area contributed by atoms with E-state index in [2.05, 4.69) is 41.5 Å². The molecule has 0 aromatic rings. The van der Waals surface area contributed by atoms with Gasteiger partial charge in [-0.15, -0.1) is 0 Å². The van der Waals surface area contributed by atoms with Gasteiger partial charge in [0.1, 0.15) is 19.3 Å². The number of unbranched alkanes of at least 4 members (excludes halogenated alkanes) is 43. The summed E-state index contributed by atoms with van der Waals surface area (Å²) in [6.45, 7) is 9.58. The van der Waals surface area contributed by atoms with Gasteiger partial charge in [0.05, 0.1) is 26.4 Å². The molecule has 0 rings (SSSR count). The summed E-state index contributed by atoms with van der Waals surface area (Å²) in [5, 5.41) is 10.6. The molecular formula is C75H146O17P2. The molecule has 0 aromatic carbocycles. The lowest BCUT2D eigenvalue weighted by atomic mass is 9.99. The van der Waals surface area contributed by atoms with Gasteiger partial charge in [-0.1, -0.05) is 337 Å². The van der Waals surface area contributed by atoms with Gasteiger partial charge in [-0.05, 0) is 37.5 Å². The van der Waals surface area contributed by atoms with Crippen LogP contribution >= 0.6 is 15.6 Å². The van der Waals surface area contributed by atoms with E-state index in [-0.39, 0.29) is 25.7 Å². The van der Waals surface area contributed by atoms with Gasteiger partial charge >= 0.3 is 39.5 Å². The van der Waals surface area contributed by atoms with E-state index in [0.29, 0.717) is 25.7 Å². The Hall–Kier alpha value is -1.94. The third kappa shape index (κ3) is 67.3. The molecule has 19 heteroatoms.